The highest BCUT2D eigenvalue weighted by Gasteiger charge is 2.08. The molecule has 2 aromatic rings. The Kier molecular flexibility index (Phi) is 3.79. The van der Waals surface area contributed by atoms with Crippen molar-refractivity contribution < 1.29 is 4.39 Å². The maximum absolute atomic E-state index is 13.6. The Morgan fingerprint density at radius 2 is 1.82 bits per heavy atom. The summed E-state index contributed by atoms with van der Waals surface area (Å²) in [6, 6.07) is 16.4. The largest absolute Gasteiger partial charge is 0.206 e. The summed E-state index contributed by atoms with van der Waals surface area (Å²) in [4.78, 5) is 0.429. The minimum absolute atomic E-state index is 0.329. The van der Waals surface area contributed by atoms with Crippen molar-refractivity contribution in [3.8, 4) is 6.07 Å². The lowest BCUT2D eigenvalue weighted by molar-refractivity contribution is 0.601. The summed E-state index contributed by atoms with van der Waals surface area (Å²) in [5.74, 6) is 0.334. The first-order valence-electron chi connectivity index (χ1n) is 5.16. The summed E-state index contributed by atoms with van der Waals surface area (Å²) in [5, 5.41) is 8.91. The van der Waals surface area contributed by atoms with Gasteiger partial charge in [0.05, 0.1) is 10.5 Å². The van der Waals surface area contributed by atoms with Gasteiger partial charge in [-0.2, -0.15) is 5.26 Å². The Morgan fingerprint density at radius 1 is 1.06 bits per heavy atom. The molecule has 2 aromatic carbocycles. The molecule has 3 heteroatoms. The van der Waals surface area contributed by atoms with Crippen LogP contribution in [0.5, 0.6) is 0 Å². The molecular weight excluding hydrogens is 233 g/mol. The predicted octanol–water partition coefficient (Wildman–Crippen LogP) is 3.99. The van der Waals surface area contributed by atoms with Crippen LogP contribution >= 0.6 is 11.8 Å². The van der Waals surface area contributed by atoms with Gasteiger partial charge >= 0.3 is 0 Å². The number of hydrogen-bond donors (Lipinski definition) is 0. The van der Waals surface area contributed by atoms with Crippen LogP contribution in [0.15, 0.2) is 53.4 Å². The molecular formula is C14H10FNS. The maximum atomic E-state index is 13.6. The van der Waals surface area contributed by atoms with Gasteiger partial charge in [0.15, 0.2) is 0 Å². The first-order chi connectivity index (χ1) is 8.31. The highest BCUT2D eigenvalue weighted by molar-refractivity contribution is 7.98. The number of halogens is 1. The van der Waals surface area contributed by atoms with Crippen LogP contribution in [0.25, 0.3) is 0 Å². The standard InChI is InChI=1S/C14H10FNS/c15-13-8-4-7-12(9-16)14(13)17-10-11-5-2-1-3-6-11/h1-8H,10H2. The van der Waals surface area contributed by atoms with E-state index in [1.807, 2.05) is 36.4 Å². The molecule has 0 amide bonds. The fraction of sp³-hybridized carbons (Fsp3) is 0.0714. The second-order valence-corrected chi connectivity index (χ2v) is 4.49. The number of nitriles is 1. The molecule has 0 saturated heterocycles. The average Bonchev–Trinajstić information content (AvgIpc) is 2.38. The number of rotatable bonds is 3. The fourth-order valence-corrected chi connectivity index (χ4v) is 2.45. The van der Waals surface area contributed by atoms with E-state index in [-0.39, 0.29) is 5.82 Å². The van der Waals surface area contributed by atoms with E-state index in [0.717, 1.165) is 5.56 Å². The number of thioether (sulfide) groups is 1. The monoisotopic (exact) mass is 243 g/mol. The van der Waals surface area contributed by atoms with Gasteiger partial charge in [-0.15, -0.1) is 11.8 Å². The number of nitrogens with zero attached hydrogens (tertiary/aromatic N) is 1. The third-order valence-electron chi connectivity index (χ3n) is 2.31. The maximum Gasteiger partial charge on any atom is 0.138 e. The lowest BCUT2D eigenvalue weighted by Crippen LogP contribution is -1.88. The van der Waals surface area contributed by atoms with Crippen LogP contribution in [0.4, 0.5) is 4.39 Å². The highest BCUT2D eigenvalue weighted by atomic mass is 32.2. The van der Waals surface area contributed by atoms with Crippen molar-refractivity contribution in [2.75, 3.05) is 0 Å². The number of hydrogen-bond acceptors (Lipinski definition) is 2. The van der Waals surface area contributed by atoms with Crippen LogP contribution in [0.3, 0.4) is 0 Å². The van der Waals surface area contributed by atoms with E-state index in [4.69, 9.17) is 5.26 Å². The third kappa shape index (κ3) is 2.86. The molecule has 84 valence electrons. The van der Waals surface area contributed by atoms with E-state index in [2.05, 4.69) is 0 Å². The van der Waals surface area contributed by atoms with Crippen molar-refractivity contribution >= 4 is 11.8 Å². The second-order valence-electron chi connectivity index (χ2n) is 3.50. The Morgan fingerprint density at radius 3 is 2.53 bits per heavy atom. The van der Waals surface area contributed by atoms with Gasteiger partial charge in [-0.3, -0.25) is 0 Å². The lowest BCUT2D eigenvalue weighted by Gasteiger charge is -2.05. The molecule has 0 radical (unpaired) electrons. The van der Waals surface area contributed by atoms with Crippen LogP contribution in [-0.4, -0.2) is 0 Å². The Bertz CT molecular complexity index is 546. The lowest BCUT2D eigenvalue weighted by atomic mass is 10.2. The first-order valence-corrected chi connectivity index (χ1v) is 6.15. The minimum Gasteiger partial charge on any atom is -0.206 e. The van der Waals surface area contributed by atoms with E-state index in [1.165, 1.54) is 17.8 Å². The molecule has 17 heavy (non-hydrogen) atoms. The molecule has 0 spiro atoms. The molecule has 0 fully saturated rings. The molecule has 2 rings (SSSR count). The van der Waals surface area contributed by atoms with Gasteiger partial charge < -0.3 is 0 Å². The Hall–Kier alpha value is -1.79. The first kappa shape index (κ1) is 11.7. The van der Waals surface area contributed by atoms with Crippen molar-refractivity contribution in [1.29, 1.82) is 5.26 Å². The van der Waals surface area contributed by atoms with Crippen molar-refractivity contribution in [1.82, 2.24) is 0 Å². The number of benzene rings is 2. The molecule has 0 atom stereocenters. The van der Waals surface area contributed by atoms with E-state index in [9.17, 15) is 4.39 Å². The highest BCUT2D eigenvalue weighted by Crippen LogP contribution is 2.28. The van der Waals surface area contributed by atoms with Gasteiger partial charge in [-0.1, -0.05) is 36.4 Å². The van der Waals surface area contributed by atoms with Crippen molar-refractivity contribution in [3.05, 3.63) is 65.5 Å². The molecule has 0 N–H and O–H groups in total. The minimum atomic E-state index is -0.329. The van der Waals surface area contributed by atoms with Crippen LogP contribution in [-0.2, 0) is 5.75 Å². The molecule has 0 unspecified atom stereocenters. The van der Waals surface area contributed by atoms with Crippen LogP contribution in [0.1, 0.15) is 11.1 Å². The van der Waals surface area contributed by atoms with E-state index in [0.29, 0.717) is 16.2 Å². The van der Waals surface area contributed by atoms with Crippen LogP contribution < -0.4 is 0 Å². The summed E-state index contributed by atoms with van der Waals surface area (Å²) in [6.45, 7) is 0. The molecule has 0 bridgehead atoms. The zero-order valence-corrected chi connectivity index (χ0v) is 9.88. The zero-order chi connectivity index (χ0) is 12.1. The summed E-state index contributed by atoms with van der Waals surface area (Å²) in [5.41, 5.74) is 1.51. The molecule has 0 aliphatic heterocycles. The van der Waals surface area contributed by atoms with Gasteiger partial charge in [0.25, 0.3) is 0 Å². The SMILES string of the molecule is N#Cc1cccc(F)c1SCc1ccccc1. The molecule has 0 aromatic heterocycles. The van der Waals surface area contributed by atoms with Crippen molar-refractivity contribution in [3.63, 3.8) is 0 Å². The normalized spacial score (nSPS) is 9.88. The second kappa shape index (κ2) is 5.51. The smallest absolute Gasteiger partial charge is 0.138 e. The quantitative estimate of drug-likeness (QED) is 0.761. The van der Waals surface area contributed by atoms with Gasteiger partial charge in [-0.25, -0.2) is 4.39 Å². The van der Waals surface area contributed by atoms with Gasteiger partial charge in [-0.05, 0) is 17.7 Å². The third-order valence-corrected chi connectivity index (χ3v) is 3.49. The van der Waals surface area contributed by atoms with Crippen LogP contribution in [0.2, 0.25) is 0 Å². The van der Waals surface area contributed by atoms with E-state index >= 15 is 0 Å². The summed E-state index contributed by atoms with van der Waals surface area (Å²) in [7, 11) is 0. The predicted molar refractivity (Wildman–Crippen MR) is 67.1 cm³/mol. The Balaban J connectivity index is 2.17. The molecule has 0 heterocycles. The summed E-state index contributed by atoms with van der Waals surface area (Å²) >= 11 is 1.35. The molecule has 0 aliphatic rings. The van der Waals surface area contributed by atoms with Gasteiger partial charge in [0.2, 0.25) is 0 Å². The molecule has 0 saturated carbocycles. The Labute approximate surface area is 104 Å². The van der Waals surface area contributed by atoms with Crippen molar-refractivity contribution in [2.24, 2.45) is 0 Å². The zero-order valence-electron chi connectivity index (χ0n) is 9.06. The summed E-state index contributed by atoms with van der Waals surface area (Å²) < 4.78 is 13.6. The topological polar surface area (TPSA) is 23.8 Å². The van der Waals surface area contributed by atoms with E-state index in [1.54, 1.807) is 12.1 Å². The van der Waals surface area contributed by atoms with Gasteiger partial charge in [0.1, 0.15) is 11.9 Å². The fourth-order valence-electron chi connectivity index (χ4n) is 1.47. The van der Waals surface area contributed by atoms with E-state index < -0.39 is 0 Å². The van der Waals surface area contributed by atoms with Gasteiger partial charge in [0, 0.05) is 5.75 Å². The van der Waals surface area contributed by atoms with Crippen molar-refractivity contribution in [2.45, 2.75) is 10.6 Å². The summed E-state index contributed by atoms with van der Waals surface area (Å²) in [6.07, 6.45) is 0. The molecule has 1 nitrogen and oxygen atoms in total. The molecule has 0 aliphatic carbocycles. The van der Waals surface area contributed by atoms with Crippen LogP contribution in [0, 0.1) is 17.1 Å². The average molecular weight is 243 g/mol.